The van der Waals surface area contributed by atoms with Gasteiger partial charge in [0.15, 0.2) is 5.82 Å². The molecule has 0 radical (unpaired) electrons. The molecular formula is C13H12N4. The van der Waals surface area contributed by atoms with Crippen molar-refractivity contribution in [3.63, 3.8) is 0 Å². The molecule has 0 N–H and O–H groups in total. The average Bonchev–Trinajstić information content (AvgIpc) is 2.38. The second-order valence-electron chi connectivity index (χ2n) is 3.78. The van der Waals surface area contributed by atoms with E-state index >= 15 is 0 Å². The summed E-state index contributed by atoms with van der Waals surface area (Å²) in [5.74, 6) is 0.570. The zero-order valence-corrected chi connectivity index (χ0v) is 9.75. The van der Waals surface area contributed by atoms with E-state index in [1.165, 1.54) is 6.20 Å². The molecule has 0 aliphatic carbocycles. The summed E-state index contributed by atoms with van der Waals surface area (Å²) in [6.45, 7) is 2.03. The second-order valence-corrected chi connectivity index (χ2v) is 3.78. The average molecular weight is 224 g/mol. The Kier molecular flexibility index (Phi) is 3.01. The summed E-state index contributed by atoms with van der Waals surface area (Å²) in [5.41, 5.74) is 2.67. The van der Waals surface area contributed by atoms with Crippen molar-refractivity contribution in [3.05, 3.63) is 47.7 Å². The minimum absolute atomic E-state index is 0.518. The van der Waals surface area contributed by atoms with Crippen LogP contribution in [0.2, 0.25) is 0 Å². The molecule has 0 aliphatic rings. The molecule has 0 saturated heterocycles. The van der Waals surface area contributed by atoms with Crippen LogP contribution in [0.4, 0.5) is 11.5 Å². The van der Waals surface area contributed by atoms with Gasteiger partial charge < -0.3 is 4.90 Å². The monoisotopic (exact) mass is 224 g/mol. The Morgan fingerprint density at radius 3 is 2.82 bits per heavy atom. The lowest BCUT2D eigenvalue weighted by Crippen LogP contribution is -2.13. The highest BCUT2D eigenvalue weighted by Crippen LogP contribution is 2.24. The molecule has 1 aromatic heterocycles. The largest absolute Gasteiger partial charge is 0.327 e. The maximum atomic E-state index is 9.02. The van der Waals surface area contributed by atoms with E-state index in [2.05, 4.69) is 16.3 Å². The maximum Gasteiger partial charge on any atom is 0.173 e. The summed E-state index contributed by atoms with van der Waals surface area (Å²) in [4.78, 5) is 1.86. The van der Waals surface area contributed by atoms with Crippen molar-refractivity contribution < 1.29 is 0 Å². The highest BCUT2D eigenvalue weighted by Gasteiger charge is 2.10. The van der Waals surface area contributed by atoms with Gasteiger partial charge in [-0.3, -0.25) is 0 Å². The Morgan fingerprint density at radius 1 is 1.29 bits per heavy atom. The fraction of sp³-hybridized carbons (Fsp3) is 0.154. The molecule has 17 heavy (non-hydrogen) atoms. The third-order valence-electron chi connectivity index (χ3n) is 2.53. The van der Waals surface area contributed by atoms with Gasteiger partial charge in [-0.25, -0.2) is 0 Å². The first kappa shape index (κ1) is 11.1. The summed E-state index contributed by atoms with van der Waals surface area (Å²) >= 11 is 0. The van der Waals surface area contributed by atoms with Crippen LogP contribution in [0.1, 0.15) is 11.1 Å². The number of aryl methyl sites for hydroxylation is 1. The van der Waals surface area contributed by atoms with Crippen LogP contribution in [-0.4, -0.2) is 17.2 Å². The van der Waals surface area contributed by atoms with Crippen molar-refractivity contribution in [2.45, 2.75) is 6.92 Å². The summed E-state index contributed by atoms with van der Waals surface area (Å²) in [5, 5.41) is 16.9. The predicted molar refractivity (Wildman–Crippen MR) is 66.0 cm³/mol. The van der Waals surface area contributed by atoms with Gasteiger partial charge in [0.2, 0.25) is 0 Å². The molecule has 0 saturated carbocycles. The summed E-state index contributed by atoms with van der Waals surface area (Å²) in [6, 6.07) is 11.8. The smallest absolute Gasteiger partial charge is 0.173 e. The Balaban J connectivity index is 2.44. The number of anilines is 2. The molecule has 4 nitrogen and oxygen atoms in total. The van der Waals surface area contributed by atoms with Gasteiger partial charge in [-0.1, -0.05) is 12.1 Å². The lowest BCUT2D eigenvalue weighted by molar-refractivity contribution is 0.980. The Hall–Kier alpha value is -2.41. The van der Waals surface area contributed by atoms with Crippen molar-refractivity contribution in [1.29, 1.82) is 5.26 Å². The first-order valence-electron chi connectivity index (χ1n) is 5.24. The fourth-order valence-corrected chi connectivity index (χ4v) is 1.62. The molecule has 2 aromatic rings. The number of hydrogen-bond acceptors (Lipinski definition) is 4. The Morgan fingerprint density at radius 2 is 2.12 bits per heavy atom. The van der Waals surface area contributed by atoms with Gasteiger partial charge >= 0.3 is 0 Å². The summed E-state index contributed by atoms with van der Waals surface area (Å²) < 4.78 is 0. The number of nitriles is 1. The van der Waals surface area contributed by atoms with Crippen LogP contribution < -0.4 is 4.90 Å². The quantitative estimate of drug-likeness (QED) is 0.786. The van der Waals surface area contributed by atoms with Crippen molar-refractivity contribution in [2.75, 3.05) is 11.9 Å². The van der Waals surface area contributed by atoms with Crippen molar-refractivity contribution >= 4 is 11.5 Å². The normalized spacial score (nSPS) is 9.71. The third kappa shape index (κ3) is 2.23. The minimum atomic E-state index is 0.518. The number of benzene rings is 1. The summed E-state index contributed by atoms with van der Waals surface area (Å²) in [7, 11) is 1.87. The van der Waals surface area contributed by atoms with Gasteiger partial charge in [-0.05, 0) is 30.7 Å². The highest BCUT2D eigenvalue weighted by atomic mass is 15.2. The molecule has 0 aliphatic heterocycles. The van der Waals surface area contributed by atoms with E-state index in [9.17, 15) is 0 Å². The molecule has 2 rings (SSSR count). The van der Waals surface area contributed by atoms with Crippen molar-refractivity contribution in [3.8, 4) is 6.07 Å². The van der Waals surface area contributed by atoms with E-state index in [1.807, 2.05) is 43.1 Å². The Bertz CT molecular complexity index is 572. The van der Waals surface area contributed by atoms with E-state index in [0.29, 0.717) is 11.4 Å². The van der Waals surface area contributed by atoms with Gasteiger partial charge in [0.1, 0.15) is 6.07 Å². The molecule has 1 aromatic carbocycles. The van der Waals surface area contributed by atoms with Crippen LogP contribution in [-0.2, 0) is 0 Å². The van der Waals surface area contributed by atoms with Crippen molar-refractivity contribution in [1.82, 2.24) is 10.2 Å². The number of nitrogens with zero attached hydrogens (tertiary/aromatic N) is 4. The standard InChI is InChI=1S/C13H12N4/c1-10-4-3-5-12(8-10)17(2)13-11(9-14)6-7-15-16-13/h3-8H,1-2H3. The van der Waals surface area contributed by atoms with E-state index < -0.39 is 0 Å². The zero-order valence-electron chi connectivity index (χ0n) is 9.75. The first-order chi connectivity index (χ1) is 8.22. The maximum absolute atomic E-state index is 9.02. The molecule has 1 heterocycles. The number of hydrogen-bond donors (Lipinski definition) is 0. The predicted octanol–water partition coefficient (Wildman–Crippen LogP) is 2.42. The van der Waals surface area contributed by atoms with Crippen LogP contribution in [0.15, 0.2) is 36.5 Å². The molecule has 0 unspecified atom stereocenters. The van der Waals surface area contributed by atoms with Crippen LogP contribution in [0.5, 0.6) is 0 Å². The zero-order chi connectivity index (χ0) is 12.3. The Labute approximate surface area is 100 Å². The van der Waals surface area contributed by atoms with Gasteiger partial charge in [0.25, 0.3) is 0 Å². The number of aromatic nitrogens is 2. The lowest BCUT2D eigenvalue weighted by Gasteiger charge is -2.18. The van der Waals surface area contributed by atoms with Crippen LogP contribution >= 0.6 is 0 Å². The van der Waals surface area contributed by atoms with Gasteiger partial charge in [-0.15, -0.1) is 5.10 Å². The van der Waals surface area contributed by atoms with E-state index in [1.54, 1.807) is 6.07 Å². The fourth-order valence-electron chi connectivity index (χ4n) is 1.62. The minimum Gasteiger partial charge on any atom is -0.327 e. The van der Waals surface area contributed by atoms with Crippen LogP contribution in [0.3, 0.4) is 0 Å². The van der Waals surface area contributed by atoms with Gasteiger partial charge in [-0.2, -0.15) is 10.4 Å². The molecule has 0 fully saturated rings. The third-order valence-corrected chi connectivity index (χ3v) is 2.53. The van der Waals surface area contributed by atoms with Gasteiger partial charge in [0, 0.05) is 12.7 Å². The highest BCUT2D eigenvalue weighted by molar-refractivity contribution is 5.64. The molecule has 0 atom stereocenters. The molecule has 0 amide bonds. The molecule has 0 spiro atoms. The molecular weight excluding hydrogens is 212 g/mol. The van der Waals surface area contributed by atoms with Crippen molar-refractivity contribution in [2.24, 2.45) is 0 Å². The number of rotatable bonds is 2. The molecule has 0 bridgehead atoms. The topological polar surface area (TPSA) is 52.8 Å². The first-order valence-corrected chi connectivity index (χ1v) is 5.24. The van der Waals surface area contributed by atoms with Crippen LogP contribution in [0, 0.1) is 18.3 Å². The molecule has 4 heteroatoms. The van der Waals surface area contributed by atoms with E-state index in [-0.39, 0.29) is 0 Å². The van der Waals surface area contributed by atoms with Crippen LogP contribution in [0.25, 0.3) is 0 Å². The van der Waals surface area contributed by atoms with E-state index in [0.717, 1.165) is 11.3 Å². The SMILES string of the molecule is Cc1cccc(N(C)c2nnccc2C#N)c1. The second kappa shape index (κ2) is 4.62. The summed E-state index contributed by atoms with van der Waals surface area (Å²) in [6.07, 6.45) is 1.52. The molecule has 84 valence electrons. The lowest BCUT2D eigenvalue weighted by atomic mass is 10.2. The van der Waals surface area contributed by atoms with Gasteiger partial charge in [0.05, 0.1) is 11.8 Å². The van der Waals surface area contributed by atoms with E-state index in [4.69, 9.17) is 5.26 Å².